The Morgan fingerprint density at radius 2 is 2.00 bits per heavy atom. The van der Waals surface area contributed by atoms with Crippen molar-refractivity contribution in [2.75, 3.05) is 14.2 Å². The number of sulfonamides is 1. The van der Waals surface area contributed by atoms with Crippen LogP contribution in [0.1, 0.15) is 33.5 Å². The molecule has 1 heterocycles. The van der Waals surface area contributed by atoms with E-state index in [0.717, 1.165) is 19.3 Å². The number of rotatable bonds is 6. The predicted octanol–water partition coefficient (Wildman–Crippen LogP) is 2.51. The molecule has 2 N–H and O–H groups in total. The number of hydrazine groups is 1. The molecule has 1 aromatic carbocycles. The smallest absolute Gasteiger partial charge is 0.276 e. The molecule has 0 saturated heterocycles. The van der Waals surface area contributed by atoms with Gasteiger partial charge in [-0.25, -0.2) is 8.42 Å². The Hall–Kier alpha value is -2.10. The second-order valence-electron chi connectivity index (χ2n) is 6.48. The first-order valence-corrected chi connectivity index (χ1v) is 10.8. The normalized spacial score (nSPS) is 16.5. The van der Waals surface area contributed by atoms with E-state index in [1.165, 1.54) is 48.1 Å². The number of carbonyl (C=O) groups is 1. The van der Waals surface area contributed by atoms with Gasteiger partial charge in [-0.3, -0.25) is 10.2 Å². The van der Waals surface area contributed by atoms with E-state index < -0.39 is 15.9 Å². The van der Waals surface area contributed by atoms with Crippen LogP contribution in [0.3, 0.4) is 0 Å². The predicted molar refractivity (Wildman–Crippen MR) is 103 cm³/mol. The van der Waals surface area contributed by atoms with Crippen molar-refractivity contribution in [3.8, 4) is 11.5 Å². The number of ether oxygens (including phenoxy) is 2. The zero-order chi connectivity index (χ0) is 19.6. The molecule has 0 radical (unpaired) electrons. The van der Waals surface area contributed by atoms with Gasteiger partial charge in [-0.05, 0) is 48.9 Å². The molecule has 2 aromatic rings. The minimum Gasteiger partial charge on any atom is -0.497 e. The molecule has 1 aliphatic rings. The van der Waals surface area contributed by atoms with Crippen LogP contribution in [0.25, 0.3) is 0 Å². The van der Waals surface area contributed by atoms with Gasteiger partial charge in [-0.15, -0.1) is 16.2 Å². The maximum atomic E-state index is 12.6. The van der Waals surface area contributed by atoms with Crippen LogP contribution in [-0.2, 0) is 22.9 Å². The van der Waals surface area contributed by atoms with Gasteiger partial charge >= 0.3 is 0 Å². The van der Waals surface area contributed by atoms with E-state index in [2.05, 4.69) is 17.2 Å². The number of benzene rings is 1. The summed E-state index contributed by atoms with van der Waals surface area (Å²) in [7, 11) is -1.22. The second-order valence-corrected chi connectivity index (χ2v) is 9.27. The lowest BCUT2D eigenvalue weighted by atomic mass is 9.90. The molecule has 0 saturated carbocycles. The van der Waals surface area contributed by atoms with Gasteiger partial charge in [0, 0.05) is 10.9 Å². The third-order valence-electron chi connectivity index (χ3n) is 4.51. The molecule has 0 bridgehead atoms. The molecular formula is C18H22N2O5S2. The van der Waals surface area contributed by atoms with E-state index in [1.807, 2.05) is 6.07 Å². The monoisotopic (exact) mass is 410 g/mol. The molecule has 1 aromatic heterocycles. The maximum absolute atomic E-state index is 12.6. The maximum Gasteiger partial charge on any atom is 0.276 e. The summed E-state index contributed by atoms with van der Waals surface area (Å²) in [6.07, 6.45) is 3.02. The lowest BCUT2D eigenvalue weighted by molar-refractivity contribution is 0.0949. The standard InChI is InChI=1S/C18H22N2O5S2/c1-11-4-7-15-12(8-11)9-16(26-15)18(21)19-20-27(22,23)17-10-13(24-2)5-6-14(17)25-3/h5-6,9-11,20H,4,7-8H2,1-3H3,(H,19,21)/t11-/m1/s1. The van der Waals surface area contributed by atoms with Gasteiger partial charge in [-0.2, -0.15) is 0 Å². The molecule has 1 atom stereocenters. The van der Waals surface area contributed by atoms with E-state index in [1.54, 1.807) is 6.07 Å². The van der Waals surface area contributed by atoms with Crippen molar-refractivity contribution in [2.24, 2.45) is 5.92 Å². The van der Waals surface area contributed by atoms with Crippen LogP contribution >= 0.6 is 11.3 Å². The summed E-state index contributed by atoms with van der Waals surface area (Å²) in [5.74, 6) is 0.634. The number of amides is 1. The molecule has 1 aliphatic carbocycles. The number of methoxy groups -OCH3 is 2. The van der Waals surface area contributed by atoms with Crippen molar-refractivity contribution in [1.29, 1.82) is 0 Å². The Morgan fingerprint density at radius 1 is 1.22 bits per heavy atom. The van der Waals surface area contributed by atoms with Gasteiger partial charge < -0.3 is 9.47 Å². The summed E-state index contributed by atoms with van der Waals surface area (Å²) in [5, 5.41) is 0. The highest BCUT2D eigenvalue weighted by atomic mass is 32.2. The quantitative estimate of drug-likeness (QED) is 0.714. The highest BCUT2D eigenvalue weighted by Crippen LogP contribution is 2.32. The van der Waals surface area contributed by atoms with Crippen LogP contribution in [0, 0.1) is 5.92 Å². The fourth-order valence-corrected chi connectivity index (χ4v) is 5.17. The lowest BCUT2D eigenvalue weighted by Crippen LogP contribution is -2.41. The Bertz CT molecular complexity index is 953. The van der Waals surface area contributed by atoms with Crippen molar-refractivity contribution < 1.29 is 22.7 Å². The third kappa shape index (κ3) is 4.26. The van der Waals surface area contributed by atoms with Gasteiger partial charge in [-0.1, -0.05) is 6.92 Å². The molecule has 3 rings (SSSR count). The minimum absolute atomic E-state index is 0.121. The van der Waals surface area contributed by atoms with Crippen LogP contribution in [0.4, 0.5) is 0 Å². The molecular weight excluding hydrogens is 388 g/mol. The molecule has 0 spiro atoms. The van der Waals surface area contributed by atoms with E-state index in [-0.39, 0.29) is 10.6 Å². The molecule has 0 unspecified atom stereocenters. The average molecular weight is 411 g/mol. The fraction of sp³-hybridized carbons (Fsp3) is 0.389. The van der Waals surface area contributed by atoms with E-state index in [0.29, 0.717) is 16.5 Å². The summed E-state index contributed by atoms with van der Waals surface area (Å²) < 4.78 is 35.4. The lowest BCUT2D eigenvalue weighted by Gasteiger charge is -2.16. The molecule has 0 aliphatic heterocycles. The topological polar surface area (TPSA) is 93.7 Å². The zero-order valence-corrected chi connectivity index (χ0v) is 17.0. The number of carbonyl (C=O) groups excluding carboxylic acids is 1. The average Bonchev–Trinajstić information content (AvgIpc) is 3.08. The van der Waals surface area contributed by atoms with E-state index in [9.17, 15) is 13.2 Å². The number of hydrogen-bond donors (Lipinski definition) is 2. The molecule has 9 heteroatoms. The second kappa shape index (κ2) is 7.87. The Kier molecular flexibility index (Phi) is 5.73. The van der Waals surface area contributed by atoms with Crippen LogP contribution in [0.15, 0.2) is 29.2 Å². The van der Waals surface area contributed by atoms with Gasteiger partial charge in [0.25, 0.3) is 15.9 Å². The first-order valence-electron chi connectivity index (χ1n) is 8.50. The Morgan fingerprint density at radius 3 is 2.70 bits per heavy atom. The zero-order valence-electron chi connectivity index (χ0n) is 15.4. The summed E-state index contributed by atoms with van der Waals surface area (Å²) >= 11 is 1.41. The van der Waals surface area contributed by atoms with Crippen molar-refractivity contribution in [1.82, 2.24) is 10.3 Å². The highest BCUT2D eigenvalue weighted by Gasteiger charge is 2.24. The van der Waals surface area contributed by atoms with Crippen LogP contribution in [0.5, 0.6) is 11.5 Å². The number of aryl methyl sites for hydroxylation is 1. The van der Waals surface area contributed by atoms with Gasteiger partial charge in [0.05, 0.1) is 19.1 Å². The third-order valence-corrected chi connectivity index (χ3v) is 7.02. The van der Waals surface area contributed by atoms with Crippen molar-refractivity contribution in [3.05, 3.63) is 39.6 Å². The first kappa shape index (κ1) is 19.7. The number of thiophene rings is 1. The number of nitrogens with one attached hydrogen (secondary N) is 2. The first-order chi connectivity index (χ1) is 12.8. The summed E-state index contributed by atoms with van der Waals surface area (Å²) in [4.78, 5) is 16.1. The van der Waals surface area contributed by atoms with Crippen LogP contribution in [-0.4, -0.2) is 28.5 Å². The highest BCUT2D eigenvalue weighted by molar-refractivity contribution is 7.89. The molecule has 27 heavy (non-hydrogen) atoms. The minimum atomic E-state index is -4.03. The molecule has 7 nitrogen and oxygen atoms in total. The summed E-state index contributed by atoms with van der Waals surface area (Å²) in [6.45, 7) is 2.19. The SMILES string of the molecule is COc1ccc(OC)c(S(=O)(=O)NNC(=O)c2cc3c(s2)CC[C@@H](C)C3)c1. The van der Waals surface area contributed by atoms with Crippen molar-refractivity contribution >= 4 is 27.3 Å². The molecule has 1 amide bonds. The van der Waals surface area contributed by atoms with E-state index >= 15 is 0 Å². The van der Waals surface area contributed by atoms with Gasteiger partial charge in [0.1, 0.15) is 16.4 Å². The summed E-state index contributed by atoms with van der Waals surface area (Å²) in [5.41, 5.74) is 3.47. The van der Waals surface area contributed by atoms with Crippen LogP contribution < -0.4 is 19.7 Å². The Balaban J connectivity index is 1.75. The number of fused-ring (bicyclic) bond motifs is 1. The summed E-state index contributed by atoms with van der Waals surface area (Å²) in [6, 6.07) is 6.27. The molecule has 146 valence electrons. The van der Waals surface area contributed by atoms with E-state index in [4.69, 9.17) is 9.47 Å². The van der Waals surface area contributed by atoms with Crippen LogP contribution in [0.2, 0.25) is 0 Å². The van der Waals surface area contributed by atoms with Crippen molar-refractivity contribution in [2.45, 2.75) is 31.1 Å². The van der Waals surface area contributed by atoms with Gasteiger partial charge in [0.15, 0.2) is 0 Å². The van der Waals surface area contributed by atoms with Crippen molar-refractivity contribution in [3.63, 3.8) is 0 Å². The number of hydrogen-bond acceptors (Lipinski definition) is 6. The fourth-order valence-electron chi connectivity index (χ4n) is 3.04. The largest absolute Gasteiger partial charge is 0.497 e. The van der Waals surface area contributed by atoms with Gasteiger partial charge in [0.2, 0.25) is 0 Å². The molecule has 0 fully saturated rings. The Labute approximate surface area is 162 Å².